The number of anilines is 1. The van der Waals surface area contributed by atoms with Crippen LogP contribution in [0.2, 0.25) is 5.02 Å². The lowest BCUT2D eigenvalue weighted by Crippen LogP contribution is -2.07. The fraction of sp³-hybridized carbons (Fsp3) is 0. The number of thiazole rings is 1. The Morgan fingerprint density at radius 3 is 2.69 bits per heavy atom. The van der Waals surface area contributed by atoms with Crippen LogP contribution in [-0.2, 0) is 4.79 Å². The van der Waals surface area contributed by atoms with Gasteiger partial charge in [-0.2, -0.15) is 0 Å². The van der Waals surface area contributed by atoms with E-state index in [1.54, 1.807) is 41.8 Å². The molecule has 0 saturated heterocycles. The molecule has 0 aliphatic carbocycles. The molecule has 0 aliphatic heterocycles. The van der Waals surface area contributed by atoms with E-state index in [9.17, 15) is 14.9 Å². The number of benzene rings is 2. The first kappa shape index (κ1) is 17.8. The molecular formula is C18H12ClN3O3S. The summed E-state index contributed by atoms with van der Waals surface area (Å²) in [5.74, 6) is -0.311. The molecule has 0 spiro atoms. The van der Waals surface area contributed by atoms with Gasteiger partial charge in [-0.05, 0) is 35.9 Å². The molecule has 1 heterocycles. The molecule has 0 bridgehead atoms. The third-order valence-electron chi connectivity index (χ3n) is 3.38. The number of nitro groups is 1. The van der Waals surface area contributed by atoms with Crippen molar-refractivity contribution < 1.29 is 9.72 Å². The highest BCUT2D eigenvalue weighted by Gasteiger charge is 2.09. The molecule has 0 atom stereocenters. The molecule has 2 aromatic carbocycles. The molecule has 0 radical (unpaired) electrons. The maximum absolute atomic E-state index is 12.0. The van der Waals surface area contributed by atoms with Crippen LogP contribution < -0.4 is 5.32 Å². The number of hydrogen-bond acceptors (Lipinski definition) is 5. The van der Waals surface area contributed by atoms with E-state index in [2.05, 4.69) is 10.3 Å². The summed E-state index contributed by atoms with van der Waals surface area (Å²) in [6.45, 7) is 0. The van der Waals surface area contributed by atoms with Crippen LogP contribution in [0, 0.1) is 10.1 Å². The second kappa shape index (κ2) is 7.90. The molecule has 1 N–H and O–H groups in total. The van der Waals surface area contributed by atoms with Gasteiger partial charge in [0.2, 0.25) is 5.91 Å². The van der Waals surface area contributed by atoms with Gasteiger partial charge in [0.1, 0.15) is 0 Å². The summed E-state index contributed by atoms with van der Waals surface area (Å²) in [6.07, 6.45) is 3.06. The molecule has 0 fully saturated rings. The first-order valence-electron chi connectivity index (χ1n) is 7.46. The molecular weight excluding hydrogens is 374 g/mol. The normalized spacial score (nSPS) is 10.8. The van der Waals surface area contributed by atoms with Crippen molar-refractivity contribution in [2.75, 3.05) is 5.32 Å². The highest BCUT2D eigenvalue weighted by atomic mass is 35.5. The monoisotopic (exact) mass is 385 g/mol. The summed E-state index contributed by atoms with van der Waals surface area (Å²) >= 11 is 7.17. The Balaban J connectivity index is 1.66. The minimum absolute atomic E-state index is 0.0173. The van der Waals surface area contributed by atoms with Crippen molar-refractivity contribution in [2.45, 2.75) is 0 Å². The van der Waals surface area contributed by atoms with Gasteiger partial charge in [-0.15, -0.1) is 11.3 Å². The van der Waals surface area contributed by atoms with Crippen molar-refractivity contribution in [2.24, 2.45) is 0 Å². The molecule has 0 unspecified atom stereocenters. The van der Waals surface area contributed by atoms with Crippen molar-refractivity contribution >= 4 is 45.7 Å². The summed E-state index contributed by atoms with van der Waals surface area (Å²) in [5, 5.41) is 16.2. The Labute approximate surface area is 157 Å². The van der Waals surface area contributed by atoms with Gasteiger partial charge in [0, 0.05) is 34.2 Å². The van der Waals surface area contributed by atoms with E-state index < -0.39 is 4.92 Å². The average Bonchev–Trinajstić information content (AvgIpc) is 3.08. The predicted octanol–water partition coefficient (Wildman–Crippen LogP) is 5.02. The molecule has 26 heavy (non-hydrogen) atoms. The van der Waals surface area contributed by atoms with Crippen LogP contribution in [-0.4, -0.2) is 15.8 Å². The molecule has 6 nitrogen and oxygen atoms in total. The van der Waals surface area contributed by atoms with E-state index in [-0.39, 0.29) is 11.6 Å². The Morgan fingerprint density at radius 2 is 2.00 bits per heavy atom. The third-order valence-corrected chi connectivity index (χ3v) is 4.38. The van der Waals surface area contributed by atoms with Gasteiger partial charge in [0.15, 0.2) is 5.13 Å². The first-order valence-corrected chi connectivity index (χ1v) is 8.72. The summed E-state index contributed by atoms with van der Waals surface area (Å²) in [5.41, 5.74) is 2.21. The minimum atomic E-state index is -0.456. The van der Waals surface area contributed by atoms with E-state index in [0.717, 1.165) is 11.1 Å². The average molecular weight is 386 g/mol. The van der Waals surface area contributed by atoms with Crippen molar-refractivity contribution in [3.05, 3.63) is 80.7 Å². The van der Waals surface area contributed by atoms with Crippen LogP contribution >= 0.6 is 22.9 Å². The molecule has 1 aromatic heterocycles. The lowest BCUT2D eigenvalue weighted by atomic mass is 10.1. The van der Waals surface area contributed by atoms with Crippen LogP contribution in [0.4, 0.5) is 10.8 Å². The summed E-state index contributed by atoms with van der Waals surface area (Å²) in [7, 11) is 0. The quantitative estimate of drug-likeness (QED) is 0.379. The lowest BCUT2D eigenvalue weighted by molar-refractivity contribution is -0.384. The number of nitrogens with one attached hydrogen (secondary N) is 1. The SMILES string of the molecule is O=C(/C=C/c1cccc(Cl)c1)Nc1nc(-c2ccc([N+](=O)[O-])cc2)cs1. The number of hydrogen-bond donors (Lipinski definition) is 1. The standard InChI is InChI=1S/C18H12ClN3O3S/c19-14-3-1-2-12(10-14)4-9-17(23)21-18-20-16(11-26-18)13-5-7-15(8-6-13)22(24)25/h1-11H,(H,20,21,23)/b9-4+. The number of nitro benzene ring substituents is 1. The largest absolute Gasteiger partial charge is 0.298 e. The molecule has 0 saturated carbocycles. The number of rotatable bonds is 5. The topological polar surface area (TPSA) is 85.1 Å². The number of aromatic nitrogens is 1. The molecule has 130 valence electrons. The van der Waals surface area contributed by atoms with Crippen molar-refractivity contribution in [3.8, 4) is 11.3 Å². The fourth-order valence-corrected chi connectivity index (χ4v) is 3.07. The van der Waals surface area contributed by atoms with Crippen LogP contribution in [0.5, 0.6) is 0 Å². The third kappa shape index (κ3) is 4.53. The Bertz CT molecular complexity index is 983. The van der Waals surface area contributed by atoms with Gasteiger partial charge < -0.3 is 0 Å². The molecule has 3 rings (SSSR count). The second-order valence-electron chi connectivity index (χ2n) is 5.22. The zero-order valence-electron chi connectivity index (χ0n) is 13.3. The maximum atomic E-state index is 12.0. The van der Waals surface area contributed by atoms with Crippen LogP contribution in [0.25, 0.3) is 17.3 Å². The van der Waals surface area contributed by atoms with E-state index in [1.807, 2.05) is 6.07 Å². The molecule has 1 amide bonds. The van der Waals surface area contributed by atoms with Gasteiger partial charge >= 0.3 is 0 Å². The van der Waals surface area contributed by atoms with Gasteiger partial charge in [-0.25, -0.2) is 4.98 Å². The Morgan fingerprint density at radius 1 is 1.23 bits per heavy atom. The number of nitrogens with zero attached hydrogens (tertiary/aromatic N) is 2. The summed E-state index contributed by atoms with van der Waals surface area (Å²) in [6, 6.07) is 13.2. The second-order valence-corrected chi connectivity index (χ2v) is 6.51. The first-order chi connectivity index (χ1) is 12.5. The zero-order chi connectivity index (χ0) is 18.5. The Hall–Kier alpha value is -3.03. The van der Waals surface area contributed by atoms with E-state index in [0.29, 0.717) is 15.8 Å². The lowest BCUT2D eigenvalue weighted by Gasteiger charge is -1.98. The van der Waals surface area contributed by atoms with Crippen molar-refractivity contribution in [1.82, 2.24) is 4.98 Å². The van der Waals surface area contributed by atoms with Crippen molar-refractivity contribution in [1.29, 1.82) is 0 Å². The smallest absolute Gasteiger partial charge is 0.269 e. The van der Waals surface area contributed by atoms with Gasteiger partial charge in [0.05, 0.1) is 10.6 Å². The molecule has 3 aromatic rings. The summed E-state index contributed by atoms with van der Waals surface area (Å²) < 4.78 is 0. The predicted molar refractivity (Wildman–Crippen MR) is 103 cm³/mol. The number of halogens is 1. The molecule has 8 heteroatoms. The highest BCUT2D eigenvalue weighted by Crippen LogP contribution is 2.26. The molecule has 0 aliphatic rings. The van der Waals surface area contributed by atoms with Gasteiger partial charge in [-0.1, -0.05) is 23.7 Å². The highest BCUT2D eigenvalue weighted by molar-refractivity contribution is 7.14. The van der Waals surface area contributed by atoms with Gasteiger partial charge in [-0.3, -0.25) is 20.2 Å². The maximum Gasteiger partial charge on any atom is 0.269 e. The Kier molecular flexibility index (Phi) is 5.40. The number of carbonyl (C=O) groups is 1. The van der Waals surface area contributed by atoms with E-state index >= 15 is 0 Å². The number of non-ortho nitro benzene ring substituents is 1. The summed E-state index contributed by atoms with van der Waals surface area (Å²) in [4.78, 5) is 26.6. The van der Waals surface area contributed by atoms with E-state index in [1.165, 1.54) is 29.5 Å². The fourth-order valence-electron chi connectivity index (χ4n) is 2.15. The number of amides is 1. The number of carbonyl (C=O) groups excluding carboxylic acids is 1. The van der Waals surface area contributed by atoms with Gasteiger partial charge in [0.25, 0.3) is 5.69 Å². The zero-order valence-corrected chi connectivity index (χ0v) is 14.8. The van der Waals surface area contributed by atoms with Crippen LogP contribution in [0.3, 0.4) is 0 Å². The van der Waals surface area contributed by atoms with Crippen LogP contribution in [0.15, 0.2) is 60.0 Å². The minimum Gasteiger partial charge on any atom is -0.298 e. The van der Waals surface area contributed by atoms with Crippen molar-refractivity contribution in [3.63, 3.8) is 0 Å². The van der Waals surface area contributed by atoms with Crippen LogP contribution in [0.1, 0.15) is 5.56 Å². The van der Waals surface area contributed by atoms with E-state index in [4.69, 9.17) is 11.6 Å².